The molecule has 1 amide bonds. The van der Waals surface area contributed by atoms with E-state index in [0.29, 0.717) is 0 Å². The van der Waals surface area contributed by atoms with Crippen LogP contribution in [0, 0.1) is 13.8 Å². The van der Waals surface area contributed by atoms with E-state index in [1.54, 1.807) is 0 Å². The van der Waals surface area contributed by atoms with Gasteiger partial charge in [0.25, 0.3) is 5.91 Å². The lowest BCUT2D eigenvalue weighted by Gasteiger charge is -2.36. The van der Waals surface area contributed by atoms with Gasteiger partial charge < -0.3 is 10.2 Å². The minimum absolute atomic E-state index is 0.0806. The maximum atomic E-state index is 12.4. The minimum atomic E-state index is 0.0806. The van der Waals surface area contributed by atoms with Crippen molar-refractivity contribution in [1.82, 2.24) is 4.90 Å². The molecule has 3 nitrogen and oxygen atoms in total. The normalized spacial score (nSPS) is 18.9. The van der Waals surface area contributed by atoms with E-state index in [2.05, 4.69) is 25.2 Å². The molecule has 0 saturated carbocycles. The Morgan fingerprint density at radius 3 is 2.59 bits per heavy atom. The summed E-state index contributed by atoms with van der Waals surface area (Å²) in [6.45, 7) is 9.05. The predicted octanol–water partition coefficient (Wildman–Crippen LogP) is 2.93. The van der Waals surface area contributed by atoms with Crippen molar-refractivity contribution in [2.24, 2.45) is 0 Å². The summed E-state index contributed by atoms with van der Waals surface area (Å²) in [4.78, 5) is 14.3. The summed E-state index contributed by atoms with van der Waals surface area (Å²) < 4.78 is 0. The maximum absolute atomic E-state index is 12.4. The van der Waals surface area contributed by atoms with Gasteiger partial charge in [-0.3, -0.25) is 4.79 Å². The summed E-state index contributed by atoms with van der Waals surface area (Å²) in [7, 11) is 0. The van der Waals surface area contributed by atoms with Crippen LogP contribution in [0.1, 0.15) is 41.8 Å². The molecule has 0 radical (unpaired) electrons. The highest BCUT2D eigenvalue weighted by Crippen LogP contribution is 2.28. The molecule has 1 aliphatic heterocycles. The molecule has 1 heterocycles. The van der Waals surface area contributed by atoms with Crippen LogP contribution in [0.4, 0.5) is 5.69 Å². The molecule has 2 rings (SSSR count). The van der Waals surface area contributed by atoms with Crippen LogP contribution in [0.3, 0.4) is 0 Å². The molecule has 1 N–H and O–H groups in total. The molecule has 92 valence electrons. The zero-order valence-electron chi connectivity index (χ0n) is 11.0. The van der Waals surface area contributed by atoms with E-state index in [1.807, 2.05) is 24.8 Å². The number of nitrogens with one attached hydrogen (secondary N) is 1. The Morgan fingerprint density at radius 1 is 1.29 bits per heavy atom. The smallest absolute Gasteiger partial charge is 0.257 e. The van der Waals surface area contributed by atoms with Gasteiger partial charge in [0.15, 0.2) is 0 Å². The lowest BCUT2D eigenvalue weighted by molar-refractivity contribution is 0.0698. The molecular weight excluding hydrogens is 212 g/mol. The monoisotopic (exact) mass is 232 g/mol. The molecule has 1 aromatic carbocycles. The third-order valence-corrected chi connectivity index (χ3v) is 3.42. The van der Waals surface area contributed by atoms with Crippen LogP contribution in [0.5, 0.6) is 0 Å². The number of benzene rings is 1. The molecule has 3 heteroatoms. The van der Waals surface area contributed by atoms with Crippen molar-refractivity contribution in [3.8, 4) is 0 Å². The number of rotatable bonds is 2. The van der Waals surface area contributed by atoms with Crippen LogP contribution in [-0.4, -0.2) is 23.5 Å². The van der Waals surface area contributed by atoms with Crippen LogP contribution >= 0.6 is 0 Å². The topological polar surface area (TPSA) is 32.3 Å². The first kappa shape index (κ1) is 12.0. The SMILES string of the molecule is CCCN1C(=O)c2cc(C)c(C)cc2NC1C. The number of fused-ring (bicyclic) bond motifs is 1. The van der Waals surface area contributed by atoms with Crippen molar-refractivity contribution in [2.45, 2.75) is 40.3 Å². The average molecular weight is 232 g/mol. The first-order valence-corrected chi connectivity index (χ1v) is 6.23. The number of carbonyl (C=O) groups is 1. The number of amides is 1. The van der Waals surface area contributed by atoms with Crippen molar-refractivity contribution < 1.29 is 4.79 Å². The molecule has 1 unspecified atom stereocenters. The van der Waals surface area contributed by atoms with Gasteiger partial charge in [-0.2, -0.15) is 0 Å². The van der Waals surface area contributed by atoms with E-state index >= 15 is 0 Å². The second-order valence-corrected chi connectivity index (χ2v) is 4.80. The fraction of sp³-hybridized carbons (Fsp3) is 0.500. The van der Waals surface area contributed by atoms with Gasteiger partial charge in [0.2, 0.25) is 0 Å². The number of anilines is 1. The minimum Gasteiger partial charge on any atom is -0.365 e. The van der Waals surface area contributed by atoms with Crippen LogP contribution in [0.2, 0.25) is 0 Å². The molecule has 0 aliphatic carbocycles. The molecule has 0 aromatic heterocycles. The Labute approximate surface area is 103 Å². The largest absolute Gasteiger partial charge is 0.365 e. The van der Waals surface area contributed by atoms with Crippen molar-refractivity contribution in [3.05, 3.63) is 28.8 Å². The van der Waals surface area contributed by atoms with Crippen LogP contribution in [-0.2, 0) is 0 Å². The Balaban J connectivity index is 2.43. The molecule has 0 bridgehead atoms. The van der Waals surface area contributed by atoms with Crippen molar-refractivity contribution in [1.29, 1.82) is 0 Å². The fourth-order valence-electron chi connectivity index (χ4n) is 2.28. The van der Waals surface area contributed by atoms with Crippen LogP contribution < -0.4 is 5.32 Å². The number of nitrogens with zero attached hydrogens (tertiary/aromatic N) is 1. The van der Waals surface area contributed by atoms with Gasteiger partial charge in [-0.1, -0.05) is 6.92 Å². The summed E-state index contributed by atoms with van der Waals surface area (Å²) in [6, 6.07) is 4.07. The third kappa shape index (κ3) is 2.02. The molecular formula is C14H20N2O. The molecule has 1 aromatic rings. The van der Waals surface area contributed by atoms with Crippen molar-refractivity contribution in [2.75, 3.05) is 11.9 Å². The third-order valence-electron chi connectivity index (χ3n) is 3.42. The highest BCUT2D eigenvalue weighted by atomic mass is 16.2. The highest BCUT2D eigenvalue weighted by molar-refractivity contribution is 6.02. The predicted molar refractivity (Wildman–Crippen MR) is 70.3 cm³/mol. The lowest BCUT2D eigenvalue weighted by atomic mass is 10.0. The first-order chi connectivity index (χ1) is 8.04. The summed E-state index contributed by atoms with van der Waals surface area (Å²) in [5.41, 5.74) is 4.17. The number of aryl methyl sites for hydroxylation is 2. The summed E-state index contributed by atoms with van der Waals surface area (Å²) in [5.74, 6) is 0.149. The average Bonchev–Trinajstić information content (AvgIpc) is 2.28. The lowest BCUT2D eigenvalue weighted by Crippen LogP contribution is -2.47. The first-order valence-electron chi connectivity index (χ1n) is 6.23. The second-order valence-electron chi connectivity index (χ2n) is 4.80. The number of hydrogen-bond acceptors (Lipinski definition) is 2. The van der Waals surface area contributed by atoms with E-state index < -0.39 is 0 Å². The van der Waals surface area contributed by atoms with Gasteiger partial charge in [-0.15, -0.1) is 0 Å². The second kappa shape index (κ2) is 4.40. The highest BCUT2D eigenvalue weighted by Gasteiger charge is 2.28. The Morgan fingerprint density at radius 2 is 1.94 bits per heavy atom. The van der Waals surface area contributed by atoms with Crippen LogP contribution in [0.25, 0.3) is 0 Å². The zero-order valence-corrected chi connectivity index (χ0v) is 11.0. The van der Waals surface area contributed by atoms with Gasteiger partial charge >= 0.3 is 0 Å². The summed E-state index contributed by atoms with van der Waals surface area (Å²) in [5, 5.41) is 3.40. The summed E-state index contributed by atoms with van der Waals surface area (Å²) in [6.07, 6.45) is 1.06. The zero-order chi connectivity index (χ0) is 12.6. The van der Waals surface area contributed by atoms with Gasteiger partial charge in [0.1, 0.15) is 0 Å². The Hall–Kier alpha value is -1.51. The van der Waals surface area contributed by atoms with Crippen molar-refractivity contribution in [3.63, 3.8) is 0 Å². The van der Waals surface area contributed by atoms with E-state index in [4.69, 9.17) is 0 Å². The molecule has 17 heavy (non-hydrogen) atoms. The van der Waals surface area contributed by atoms with Crippen molar-refractivity contribution >= 4 is 11.6 Å². The molecule has 0 fully saturated rings. The van der Waals surface area contributed by atoms with Gasteiger partial charge in [0.05, 0.1) is 11.7 Å². The van der Waals surface area contributed by atoms with Crippen LogP contribution in [0.15, 0.2) is 12.1 Å². The summed E-state index contributed by atoms with van der Waals surface area (Å²) >= 11 is 0. The maximum Gasteiger partial charge on any atom is 0.257 e. The quantitative estimate of drug-likeness (QED) is 0.850. The van der Waals surface area contributed by atoms with Gasteiger partial charge in [0, 0.05) is 12.2 Å². The standard InChI is InChI=1S/C14H20N2O/c1-5-6-16-11(4)15-13-8-10(3)9(2)7-12(13)14(16)17/h7-8,11,15H,5-6H2,1-4H3. The molecule has 1 atom stereocenters. The van der Waals surface area contributed by atoms with E-state index in [1.165, 1.54) is 11.1 Å². The Kier molecular flexibility index (Phi) is 3.09. The van der Waals surface area contributed by atoms with E-state index in [9.17, 15) is 4.79 Å². The molecule has 0 spiro atoms. The molecule has 0 saturated heterocycles. The van der Waals surface area contributed by atoms with E-state index in [-0.39, 0.29) is 12.1 Å². The van der Waals surface area contributed by atoms with E-state index in [0.717, 1.165) is 24.2 Å². The number of carbonyl (C=O) groups excluding carboxylic acids is 1. The fourth-order valence-corrected chi connectivity index (χ4v) is 2.28. The Bertz CT molecular complexity index is 454. The van der Waals surface area contributed by atoms with Gasteiger partial charge in [-0.25, -0.2) is 0 Å². The number of hydrogen-bond donors (Lipinski definition) is 1. The molecule has 1 aliphatic rings. The van der Waals surface area contributed by atoms with Gasteiger partial charge in [-0.05, 0) is 50.5 Å².